The SMILES string of the molecule is O=C(CCCc1nc(-c2ccc(F)cc2)no1)NCc1cccc(C(=O)N2CCCC2)c1. The average Bonchev–Trinajstić information content (AvgIpc) is 3.51. The number of nitrogens with zero attached hydrogens (tertiary/aromatic N) is 3. The van der Waals surface area contributed by atoms with Crippen LogP contribution in [0.3, 0.4) is 0 Å². The molecule has 1 aliphatic rings. The number of aryl methyl sites for hydroxylation is 1. The number of nitrogens with one attached hydrogen (secondary N) is 1. The molecule has 7 nitrogen and oxygen atoms in total. The molecule has 1 aromatic heterocycles. The number of likely N-dealkylation sites (tertiary alicyclic amines) is 1. The fourth-order valence-corrected chi connectivity index (χ4v) is 3.68. The van der Waals surface area contributed by atoms with E-state index in [9.17, 15) is 14.0 Å². The van der Waals surface area contributed by atoms with E-state index >= 15 is 0 Å². The van der Waals surface area contributed by atoms with E-state index < -0.39 is 0 Å². The van der Waals surface area contributed by atoms with Crippen molar-refractivity contribution in [2.45, 2.75) is 38.6 Å². The minimum absolute atomic E-state index is 0.0511. The molecule has 1 aliphatic heterocycles. The topological polar surface area (TPSA) is 88.3 Å². The summed E-state index contributed by atoms with van der Waals surface area (Å²) in [6, 6.07) is 13.3. The second kappa shape index (κ2) is 10.2. The van der Waals surface area contributed by atoms with Crippen molar-refractivity contribution >= 4 is 11.8 Å². The van der Waals surface area contributed by atoms with Crippen LogP contribution in [0.1, 0.15) is 47.5 Å². The number of carbonyl (C=O) groups excluding carboxylic acids is 2. The van der Waals surface area contributed by atoms with Crippen LogP contribution < -0.4 is 5.32 Å². The number of hydrogen-bond donors (Lipinski definition) is 1. The summed E-state index contributed by atoms with van der Waals surface area (Å²) >= 11 is 0. The van der Waals surface area contributed by atoms with Crippen molar-refractivity contribution in [2.24, 2.45) is 0 Å². The first kappa shape index (κ1) is 21.7. The number of rotatable bonds is 8. The van der Waals surface area contributed by atoms with E-state index in [0.29, 0.717) is 48.6 Å². The monoisotopic (exact) mass is 436 g/mol. The zero-order valence-corrected chi connectivity index (χ0v) is 17.7. The fraction of sp³-hybridized carbons (Fsp3) is 0.333. The predicted octanol–water partition coefficient (Wildman–Crippen LogP) is 3.75. The molecule has 1 N–H and O–H groups in total. The van der Waals surface area contributed by atoms with E-state index in [0.717, 1.165) is 31.5 Å². The second-order valence-electron chi connectivity index (χ2n) is 7.85. The van der Waals surface area contributed by atoms with E-state index in [2.05, 4.69) is 15.5 Å². The molecule has 2 aromatic carbocycles. The zero-order chi connectivity index (χ0) is 22.3. The van der Waals surface area contributed by atoms with Gasteiger partial charge in [-0.05, 0) is 61.2 Å². The van der Waals surface area contributed by atoms with Crippen LogP contribution >= 0.6 is 0 Å². The molecular weight excluding hydrogens is 411 g/mol. The van der Waals surface area contributed by atoms with Gasteiger partial charge in [0, 0.05) is 43.6 Å². The highest BCUT2D eigenvalue weighted by Gasteiger charge is 2.19. The highest BCUT2D eigenvalue weighted by Crippen LogP contribution is 2.17. The van der Waals surface area contributed by atoms with Crippen LogP contribution in [-0.2, 0) is 17.8 Å². The lowest BCUT2D eigenvalue weighted by Crippen LogP contribution is -2.28. The smallest absolute Gasteiger partial charge is 0.253 e. The summed E-state index contributed by atoms with van der Waals surface area (Å²) < 4.78 is 18.2. The van der Waals surface area contributed by atoms with E-state index in [1.165, 1.54) is 12.1 Å². The van der Waals surface area contributed by atoms with Crippen molar-refractivity contribution in [3.63, 3.8) is 0 Å². The number of aromatic nitrogens is 2. The van der Waals surface area contributed by atoms with Crippen LogP contribution in [0.25, 0.3) is 11.4 Å². The third-order valence-corrected chi connectivity index (χ3v) is 5.42. The Morgan fingerprint density at radius 2 is 1.88 bits per heavy atom. The third kappa shape index (κ3) is 5.57. The summed E-state index contributed by atoms with van der Waals surface area (Å²) in [5, 5.41) is 6.79. The van der Waals surface area contributed by atoms with Crippen LogP contribution in [0.4, 0.5) is 4.39 Å². The number of halogens is 1. The Morgan fingerprint density at radius 3 is 2.66 bits per heavy atom. The molecule has 0 radical (unpaired) electrons. The van der Waals surface area contributed by atoms with E-state index in [1.807, 2.05) is 29.2 Å². The molecule has 0 saturated carbocycles. The van der Waals surface area contributed by atoms with E-state index in [-0.39, 0.29) is 17.6 Å². The summed E-state index contributed by atoms with van der Waals surface area (Å²) in [6.45, 7) is 1.99. The Bertz CT molecular complexity index is 1070. The molecule has 2 amide bonds. The highest BCUT2D eigenvalue weighted by molar-refractivity contribution is 5.94. The van der Waals surface area contributed by atoms with Gasteiger partial charge in [0.05, 0.1) is 0 Å². The van der Waals surface area contributed by atoms with E-state index in [1.54, 1.807) is 12.1 Å². The quantitative estimate of drug-likeness (QED) is 0.581. The molecule has 8 heteroatoms. The van der Waals surface area contributed by atoms with Gasteiger partial charge in [-0.25, -0.2) is 4.39 Å². The van der Waals surface area contributed by atoms with Crippen molar-refractivity contribution in [2.75, 3.05) is 13.1 Å². The third-order valence-electron chi connectivity index (χ3n) is 5.42. The van der Waals surface area contributed by atoms with Crippen molar-refractivity contribution in [1.29, 1.82) is 0 Å². The van der Waals surface area contributed by atoms with Gasteiger partial charge in [0.1, 0.15) is 5.82 Å². The summed E-state index contributed by atoms with van der Waals surface area (Å²) in [4.78, 5) is 30.9. The lowest BCUT2D eigenvalue weighted by atomic mass is 10.1. The predicted molar refractivity (Wildman–Crippen MR) is 116 cm³/mol. The lowest BCUT2D eigenvalue weighted by molar-refractivity contribution is -0.121. The van der Waals surface area contributed by atoms with Gasteiger partial charge in [-0.3, -0.25) is 9.59 Å². The fourth-order valence-electron chi connectivity index (χ4n) is 3.68. The minimum Gasteiger partial charge on any atom is -0.352 e. The molecule has 1 fully saturated rings. The number of carbonyl (C=O) groups is 2. The summed E-state index contributed by atoms with van der Waals surface area (Å²) in [5.41, 5.74) is 2.22. The van der Waals surface area contributed by atoms with Crippen LogP contribution in [0.5, 0.6) is 0 Å². The normalized spacial score (nSPS) is 13.3. The summed E-state index contributed by atoms with van der Waals surface area (Å²) in [7, 11) is 0. The second-order valence-corrected chi connectivity index (χ2v) is 7.85. The molecule has 166 valence electrons. The molecule has 4 rings (SSSR count). The van der Waals surface area contributed by atoms with Crippen LogP contribution in [0.2, 0.25) is 0 Å². The molecule has 0 aliphatic carbocycles. The molecule has 0 bridgehead atoms. The first-order valence-corrected chi connectivity index (χ1v) is 10.8. The summed E-state index contributed by atoms with van der Waals surface area (Å²) in [5.74, 6) is 0.473. The van der Waals surface area contributed by atoms with E-state index in [4.69, 9.17) is 4.52 Å². The van der Waals surface area contributed by atoms with Crippen LogP contribution in [0, 0.1) is 5.82 Å². The van der Waals surface area contributed by atoms with Crippen LogP contribution in [0.15, 0.2) is 53.1 Å². The minimum atomic E-state index is -0.326. The lowest BCUT2D eigenvalue weighted by Gasteiger charge is -2.15. The number of amides is 2. The van der Waals surface area contributed by atoms with Gasteiger partial charge in [0.2, 0.25) is 17.6 Å². The Hall–Kier alpha value is -3.55. The van der Waals surface area contributed by atoms with Crippen molar-refractivity contribution in [3.05, 3.63) is 71.4 Å². The van der Waals surface area contributed by atoms with Crippen molar-refractivity contribution in [3.8, 4) is 11.4 Å². The summed E-state index contributed by atoms with van der Waals surface area (Å²) in [6.07, 6.45) is 3.46. The maximum absolute atomic E-state index is 13.0. The van der Waals surface area contributed by atoms with Crippen LogP contribution in [-0.4, -0.2) is 39.9 Å². The molecule has 3 aromatic rings. The Balaban J connectivity index is 1.22. The Kier molecular flexibility index (Phi) is 6.89. The Labute approximate surface area is 185 Å². The molecular formula is C24H25FN4O3. The van der Waals surface area contributed by atoms with Gasteiger partial charge in [0.15, 0.2) is 0 Å². The first-order chi connectivity index (χ1) is 15.6. The molecule has 0 unspecified atom stereocenters. The maximum atomic E-state index is 13.0. The largest absolute Gasteiger partial charge is 0.352 e. The molecule has 2 heterocycles. The van der Waals surface area contributed by atoms with Gasteiger partial charge in [0.25, 0.3) is 5.91 Å². The molecule has 1 saturated heterocycles. The number of hydrogen-bond acceptors (Lipinski definition) is 5. The first-order valence-electron chi connectivity index (χ1n) is 10.8. The Morgan fingerprint density at radius 1 is 1.09 bits per heavy atom. The van der Waals surface area contributed by atoms with Gasteiger partial charge < -0.3 is 14.7 Å². The van der Waals surface area contributed by atoms with Gasteiger partial charge >= 0.3 is 0 Å². The zero-order valence-electron chi connectivity index (χ0n) is 17.7. The van der Waals surface area contributed by atoms with Gasteiger partial charge in [-0.2, -0.15) is 4.98 Å². The van der Waals surface area contributed by atoms with Gasteiger partial charge in [-0.15, -0.1) is 0 Å². The standard InChI is InChI=1S/C24H25FN4O3/c25-20-11-9-18(10-12-20)23-27-22(32-28-23)8-4-7-21(30)26-16-17-5-3-6-19(15-17)24(31)29-13-1-2-14-29/h3,5-6,9-12,15H,1-2,4,7-8,13-14,16H2,(H,26,30). The molecule has 0 atom stereocenters. The number of benzene rings is 2. The average molecular weight is 436 g/mol. The van der Waals surface area contributed by atoms with Gasteiger partial charge in [-0.1, -0.05) is 17.3 Å². The molecule has 0 spiro atoms. The molecule has 32 heavy (non-hydrogen) atoms. The van der Waals surface area contributed by atoms with Crippen molar-refractivity contribution in [1.82, 2.24) is 20.4 Å². The highest BCUT2D eigenvalue weighted by atomic mass is 19.1. The maximum Gasteiger partial charge on any atom is 0.253 e. The van der Waals surface area contributed by atoms with Crippen molar-refractivity contribution < 1.29 is 18.5 Å².